The Morgan fingerprint density at radius 1 is 1.42 bits per heavy atom. The number of anilines is 1. The van der Waals surface area contributed by atoms with Gasteiger partial charge in [-0.05, 0) is 33.1 Å². The van der Waals surface area contributed by atoms with Crippen molar-refractivity contribution in [3.63, 3.8) is 0 Å². The first kappa shape index (κ1) is 17.8. The first-order valence-electron chi connectivity index (χ1n) is 8.88. The van der Waals surface area contributed by atoms with E-state index in [2.05, 4.69) is 29.0 Å². The molecule has 0 bridgehead atoms. The number of carbonyl (C=O) groups excluding carboxylic acids is 1. The molecule has 24 heavy (non-hydrogen) atoms. The smallest absolute Gasteiger partial charge is 0.229 e. The fourth-order valence-corrected chi connectivity index (χ4v) is 4.46. The predicted molar refractivity (Wildman–Crippen MR) is 96.0 cm³/mol. The zero-order valence-electron chi connectivity index (χ0n) is 14.5. The Kier molecular flexibility index (Phi) is 5.86. The number of hydrogen-bond acceptors (Lipinski definition) is 6. The molecular formula is C17H28N4O2S. The zero-order chi connectivity index (χ0) is 17.1. The number of ether oxygens (including phenoxy) is 1. The van der Waals surface area contributed by atoms with E-state index in [4.69, 9.17) is 10.5 Å². The summed E-state index contributed by atoms with van der Waals surface area (Å²) in [6.45, 7) is 6.85. The van der Waals surface area contributed by atoms with Gasteiger partial charge in [0.25, 0.3) is 0 Å². The van der Waals surface area contributed by atoms with Crippen LogP contribution in [0.4, 0.5) is 5.13 Å². The van der Waals surface area contributed by atoms with Crippen LogP contribution >= 0.6 is 11.3 Å². The SMILES string of the molecule is CC1CN(Cc2csc(NC(=O)C3CCCC(N)C3)n2)CC(C)O1. The lowest BCUT2D eigenvalue weighted by Crippen LogP contribution is -2.44. The Bertz CT molecular complexity index is 555. The summed E-state index contributed by atoms with van der Waals surface area (Å²) in [7, 11) is 0. The molecule has 134 valence electrons. The molecule has 0 radical (unpaired) electrons. The number of nitrogens with one attached hydrogen (secondary N) is 1. The maximum absolute atomic E-state index is 12.4. The highest BCUT2D eigenvalue weighted by Gasteiger charge is 2.26. The Morgan fingerprint density at radius 3 is 2.88 bits per heavy atom. The number of morpholine rings is 1. The average molecular weight is 353 g/mol. The normalized spacial score (nSPS) is 31.8. The average Bonchev–Trinajstić information content (AvgIpc) is 2.93. The van der Waals surface area contributed by atoms with Crippen LogP contribution in [0.1, 0.15) is 45.2 Å². The molecule has 4 unspecified atom stereocenters. The fraction of sp³-hybridized carbons (Fsp3) is 0.765. The summed E-state index contributed by atoms with van der Waals surface area (Å²) in [5.41, 5.74) is 6.99. The number of hydrogen-bond donors (Lipinski definition) is 2. The van der Waals surface area contributed by atoms with Gasteiger partial charge in [-0.2, -0.15) is 0 Å². The molecule has 2 fully saturated rings. The number of aromatic nitrogens is 1. The molecule has 1 aliphatic carbocycles. The Hall–Kier alpha value is -1.02. The number of nitrogens with zero attached hydrogens (tertiary/aromatic N) is 2. The van der Waals surface area contributed by atoms with E-state index in [1.54, 1.807) is 0 Å². The molecule has 1 amide bonds. The van der Waals surface area contributed by atoms with Crippen LogP contribution in [-0.2, 0) is 16.1 Å². The van der Waals surface area contributed by atoms with Gasteiger partial charge in [0.1, 0.15) is 0 Å². The van der Waals surface area contributed by atoms with Crippen LogP contribution in [0.2, 0.25) is 0 Å². The van der Waals surface area contributed by atoms with Crippen molar-refractivity contribution in [3.05, 3.63) is 11.1 Å². The Balaban J connectivity index is 1.52. The molecule has 0 aromatic carbocycles. The summed E-state index contributed by atoms with van der Waals surface area (Å²) < 4.78 is 5.76. The molecule has 1 saturated carbocycles. The minimum atomic E-state index is 0.0297. The summed E-state index contributed by atoms with van der Waals surface area (Å²) in [6.07, 6.45) is 4.29. The van der Waals surface area contributed by atoms with Crippen molar-refractivity contribution in [1.82, 2.24) is 9.88 Å². The number of carbonyl (C=O) groups is 1. The molecule has 7 heteroatoms. The highest BCUT2D eigenvalue weighted by Crippen LogP contribution is 2.25. The lowest BCUT2D eigenvalue weighted by Gasteiger charge is -2.34. The van der Waals surface area contributed by atoms with Gasteiger partial charge in [-0.25, -0.2) is 4.98 Å². The molecule has 3 N–H and O–H groups in total. The minimum absolute atomic E-state index is 0.0297. The second kappa shape index (κ2) is 7.91. The molecule has 2 heterocycles. The lowest BCUT2D eigenvalue weighted by atomic mass is 9.86. The van der Waals surface area contributed by atoms with Gasteiger partial charge in [0.05, 0.1) is 17.9 Å². The maximum atomic E-state index is 12.4. The number of thiazole rings is 1. The van der Waals surface area contributed by atoms with Gasteiger partial charge >= 0.3 is 0 Å². The highest BCUT2D eigenvalue weighted by molar-refractivity contribution is 7.13. The van der Waals surface area contributed by atoms with Crippen molar-refractivity contribution in [2.75, 3.05) is 18.4 Å². The van der Waals surface area contributed by atoms with E-state index in [9.17, 15) is 4.79 Å². The Morgan fingerprint density at radius 2 is 2.17 bits per heavy atom. The standard InChI is InChI=1S/C17H28N4O2S/c1-11-7-21(8-12(2)23-11)9-15-10-24-17(19-15)20-16(22)13-4-3-5-14(18)6-13/h10-14H,3-9,18H2,1-2H3,(H,19,20,22). The van der Waals surface area contributed by atoms with Crippen LogP contribution in [0.25, 0.3) is 0 Å². The number of nitrogens with two attached hydrogens (primary N) is 1. The second-order valence-corrected chi connectivity index (χ2v) is 8.07. The van der Waals surface area contributed by atoms with Crippen molar-refractivity contribution >= 4 is 22.4 Å². The molecule has 3 rings (SSSR count). The van der Waals surface area contributed by atoms with Crippen LogP contribution < -0.4 is 11.1 Å². The van der Waals surface area contributed by atoms with Crippen LogP contribution in [0.15, 0.2) is 5.38 Å². The van der Waals surface area contributed by atoms with E-state index in [1.165, 1.54) is 11.3 Å². The summed E-state index contributed by atoms with van der Waals surface area (Å²) in [4.78, 5) is 19.3. The van der Waals surface area contributed by atoms with E-state index in [0.29, 0.717) is 5.13 Å². The highest BCUT2D eigenvalue weighted by atomic mass is 32.1. The van der Waals surface area contributed by atoms with Gasteiger partial charge in [0, 0.05) is 37.0 Å². The van der Waals surface area contributed by atoms with E-state index < -0.39 is 0 Å². The van der Waals surface area contributed by atoms with Gasteiger partial charge < -0.3 is 15.8 Å². The molecule has 4 atom stereocenters. The third-order valence-electron chi connectivity index (χ3n) is 4.75. The minimum Gasteiger partial charge on any atom is -0.373 e. The predicted octanol–water partition coefficient (Wildman–Crippen LogP) is 2.21. The van der Waals surface area contributed by atoms with Crippen molar-refractivity contribution in [3.8, 4) is 0 Å². The zero-order valence-corrected chi connectivity index (χ0v) is 15.3. The maximum Gasteiger partial charge on any atom is 0.229 e. The van der Waals surface area contributed by atoms with Crippen LogP contribution in [0.3, 0.4) is 0 Å². The molecule has 1 aliphatic heterocycles. The molecule has 0 spiro atoms. The van der Waals surface area contributed by atoms with Crippen molar-refractivity contribution in [2.24, 2.45) is 11.7 Å². The molecule has 1 saturated heterocycles. The van der Waals surface area contributed by atoms with Gasteiger partial charge in [-0.1, -0.05) is 6.42 Å². The third-order valence-corrected chi connectivity index (χ3v) is 5.55. The van der Waals surface area contributed by atoms with Crippen molar-refractivity contribution in [2.45, 2.75) is 64.3 Å². The van der Waals surface area contributed by atoms with E-state index >= 15 is 0 Å². The van der Waals surface area contributed by atoms with Gasteiger partial charge in [0.2, 0.25) is 5.91 Å². The summed E-state index contributed by atoms with van der Waals surface area (Å²) >= 11 is 1.50. The lowest BCUT2D eigenvalue weighted by molar-refractivity contribution is -0.120. The first-order valence-corrected chi connectivity index (χ1v) is 9.76. The first-order chi connectivity index (χ1) is 11.5. The van der Waals surface area contributed by atoms with E-state index in [0.717, 1.165) is 51.0 Å². The van der Waals surface area contributed by atoms with Gasteiger partial charge in [-0.15, -0.1) is 11.3 Å². The van der Waals surface area contributed by atoms with E-state index in [-0.39, 0.29) is 30.1 Å². The van der Waals surface area contributed by atoms with Crippen molar-refractivity contribution < 1.29 is 9.53 Å². The molecule has 2 aliphatic rings. The van der Waals surface area contributed by atoms with Crippen LogP contribution in [0.5, 0.6) is 0 Å². The fourth-order valence-electron chi connectivity index (χ4n) is 3.75. The largest absolute Gasteiger partial charge is 0.373 e. The molecule has 6 nitrogen and oxygen atoms in total. The number of amides is 1. The Labute approximate surface area is 147 Å². The van der Waals surface area contributed by atoms with Gasteiger partial charge in [0.15, 0.2) is 5.13 Å². The molecule has 1 aromatic rings. The number of rotatable bonds is 4. The summed E-state index contributed by atoms with van der Waals surface area (Å²) in [5, 5.41) is 5.71. The second-order valence-electron chi connectivity index (χ2n) is 7.21. The van der Waals surface area contributed by atoms with E-state index in [1.807, 2.05) is 5.38 Å². The quantitative estimate of drug-likeness (QED) is 0.868. The topological polar surface area (TPSA) is 80.5 Å². The van der Waals surface area contributed by atoms with Gasteiger partial charge in [-0.3, -0.25) is 9.69 Å². The summed E-state index contributed by atoms with van der Waals surface area (Å²) in [5.74, 6) is 0.0988. The molecule has 1 aromatic heterocycles. The summed E-state index contributed by atoms with van der Waals surface area (Å²) in [6, 6.07) is 0.159. The molecular weight excluding hydrogens is 324 g/mol. The van der Waals surface area contributed by atoms with Crippen molar-refractivity contribution in [1.29, 1.82) is 0 Å². The third kappa shape index (κ3) is 4.75. The monoisotopic (exact) mass is 352 g/mol. The van der Waals surface area contributed by atoms with Crippen LogP contribution in [-0.4, -0.2) is 47.1 Å². The van der Waals surface area contributed by atoms with Crippen LogP contribution in [0, 0.1) is 5.92 Å².